The molecule has 2 rings (SSSR count). The maximum Gasteiger partial charge on any atom is 0.221 e. The van der Waals surface area contributed by atoms with E-state index in [1.54, 1.807) is 6.20 Å². The summed E-state index contributed by atoms with van der Waals surface area (Å²) in [5, 5.41) is 6.10. The van der Waals surface area contributed by atoms with Crippen LogP contribution in [0.1, 0.15) is 24.8 Å². The van der Waals surface area contributed by atoms with Crippen molar-refractivity contribution >= 4 is 27.7 Å². The van der Waals surface area contributed by atoms with E-state index in [1.807, 2.05) is 13.0 Å². The van der Waals surface area contributed by atoms with Crippen molar-refractivity contribution in [3.05, 3.63) is 22.3 Å². The molecule has 0 saturated heterocycles. The Labute approximate surface area is 109 Å². The first kappa shape index (κ1) is 12.4. The summed E-state index contributed by atoms with van der Waals surface area (Å²) in [5.74, 6) is 0.929. The van der Waals surface area contributed by atoms with E-state index in [0.717, 1.165) is 28.7 Å². The van der Waals surface area contributed by atoms with Crippen molar-refractivity contribution in [2.24, 2.45) is 0 Å². The van der Waals surface area contributed by atoms with E-state index in [2.05, 4.69) is 31.5 Å². The topological polar surface area (TPSA) is 54.0 Å². The number of aryl methyl sites for hydroxylation is 1. The van der Waals surface area contributed by atoms with E-state index in [4.69, 9.17) is 0 Å². The minimum absolute atomic E-state index is 0.119. The molecule has 2 N–H and O–H groups in total. The lowest BCUT2D eigenvalue weighted by Crippen LogP contribution is -2.27. The minimum atomic E-state index is 0.119. The monoisotopic (exact) mass is 297 g/mol. The number of hydrogen-bond acceptors (Lipinski definition) is 3. The largest absolute Gasteiger partial charge is 0.370 e. The van der Waals surface area contributed by atoms with Crippen LogP contribution in [-0.4, -0.2) is 23.5 Å². The molecule has 0 radical (unpaired) electrons. The van der Waals surface area contributed by atoms with E-state index in [-0.39, 0.29) is 5.91 Å². The molecule has 1 aromatic heterocycles. The fourth-order valence-electron chi connectivity index (χ4n) is 1.47. The molecule has 0 atom stereocenters. The van der Waals surface area contributed by atoms with Gasteiger partial charge in [0.2, 0.25) is 5.91 Å². The molecule has 0 aliphatic heterocycles. The number of anilines is 1. The Kier molecular flexibility index (Phi) is 3.99. The Morgan fingerprint density at radius 1 is 1.59 bits per heavy atom. The van der Waals surface area contributed by atoms with Crippen molar-refractivity contribution in [1.29, 1.82) is 0 Å². The van der Waals surface area contributed by atoms with Gasteiger partial charge in [-0.25, -0.2) is 4.98 Å². The Morgan fingerprint density at radius 2 is 2.35 bits per heavy atom. The first-order valence-electron chi connectivity index (χ1n) is 5.80. The number of nitrogens with zero attached hydrogens (tertiary/aromatic N) is 1. The third-order valence-corrected chi connectivity index (χ3v) is 3.48. The first-order chi connectivity index (χ1) is 8.15. The number of nitrogens with one attached hydrogen (secondary N) is 2. The van der Waals surface area contributed by atoms with E-state index in [1.165, 1.54) is 0 Å². The highest BCUT2D eigenvalue weighted by atomic mass is 79.9. The van der Waals surface area contributed by atoms with Crippen molar-refractivity contribution in [3.63, 3.8) is 0 Å². The number of carbonyl (C=O) groups excluding carboxylic acids is 1. The van der Waals surface area contributed by atoms with E-state index < -0.39 is 0 Å². The van der Waals surface area contributed by atoms with Crippen LogP contribution in [0.5, 0.6) is 0 Å². The second kappa shape index (κ2) is 5.49. The molecule has 1 heterocycles. The molecular formula is C12H16BrN3O. The standard InChI is InChI=1S/C12H16BrN3O/c1-8-6-11(15-7-10(8)13)14-5-4-12(17)16-9-2-3-9/h6-7,9H,2-5H2,1H3,(H,14,15)(H,16,17). The van der Waals surface area contributed by atoms with Crippen LogP contribution in [0.25, 0.3) is 0 Å². The van der Waals surface area contributed by atoms with Gasteiger partial charge in [-0.3, -0.25) is 4.79 Å². The number of pyridine rings is 1. The fraction of sp³-hybridized carbons (Fsp3) is 0.500. The van der Waals surface area contributed by atoms with Gasteiger partial charge in [0.15, 0.2) is 0 Å². The summed E-state index contributed by atoms with van der Waals surface area (Å²) >= 11 is 3.40. The van der Waals surface area contributed by atoms with Gasteiger partial charge in [-0.1, -0.05) is 0 Å². The second-order valence-corrected chi connectivity index (χ2v) is 5.19. The Morgan fingerprint density at radius 3 is 3.00 bits per heavy atom. The molecule has 1 fully saturated rings. The Hall–Kier alpha value is -1.10. The highest BCUT2D eigenvalue weighted by molar-refractivity contribution is 9.10. The highest BCUT2D eigenvalue weighted by Crippen LogP contribution is 2.19. The van der Waals surface area contributed by atoms with Crippen molar-refractivity contribution in [3.8, 4) is 0 Å². The maximum absolute atomic E-state index is 11.4. The van der Waals surface area contributed by atoms with Crippen LogP contribution in [0.15, 0.2) is 16.7 Å². The summed E-state index contributed by atoms with van der Waals surface area (Å²) in [6, 6.07) is 2.40. The molecule has 4 nitrogen and oxygen atoms in total. The average Bonchev–Trinajstić information content (AvgIpc) is 3.07. The number of amides is 1. The summed E-state index contributed by atoms with van der Waals surface area (Å²) in [6.45, 7) is 2.63. The Bertz CT molecular complexity index is 418. The third-order valence-electron chi connectivity index (χ3n) is 2.65. The number of hydrogen-bond donors (Lipinski definition) is 2. The smallest absolute Gasteiger partial charge is 0.221 e. The molecule has 0 aromatic carbocycles. The lowest BCUT2D eigenvalue weighted by Gasteiger charge is -2.07. The molecule has 1 aliphatic carbocycles. The van der Waals surface area contributed by atoms with Gasteiger partial charge < -0.3 is 10.6 Å². The molecule has 0 unspecified atom stereocenters. The molecule has 0 bridgehead atoms. The van der Waals surface area contributed by atoms with Gasteiger partial charge in [0, 0.05) is 29.7 Å². The van der Waals surface area contributed by atoms with Crippen molar-refractivity contribution in [2.45, 2.75) is 32.2 Å². The third kappa shape index (κ3) is 4.00. The molecule has 1 saturated carbocycles. The molecular weight excluding hydrogens is 282 g/mol. The van der Waals surface area contributed by atoms with Gasteiger partial charge in [-0.15, -0.1) is 0 Å². The predicted molar refractivity (Wildman–Crippen MR) is 70.9 cm³/mol. The van der Waals surface area contributed by atoms with Gasteiger partial charge in [-0.05, 0) is 47.3 Å². The van der Waals surface area contributed by atoms with Crippen LogP contribution in [0.2, 0.25) is 0 Å². The summed E-state index contributed by atoms with van der Waals surface area (Å²) in [5.41, 5.74) is 1.13. The molecule has 1 aromatic rings. The summed E-state index contributed by atoms with van der Waals surface area (Å²) < 4.78 is 0.995. The van der Waals surface area contributed by atoms with Crippen molar-refractivity contribution in [1.82, 2.24) is 10.3 Å². The number of halogens is 1. The van der Waals surface area contributed by atoms with Crippen LogP contribution < -0.4 is 10.6 Å². The lowest BCUT2D eigenvalue weighted by atomic mass is 10.3. The zero-order valence-electron chi connectivity index (χ0n) is 9.79. The van der Waals surface area contributed by atoms with E-state index >= 15 is 0 Å². The number of rotatable bonds is 5. The highest BCUT2D eigenvalue weighted by Gasteiger charge is 2.22. The van der Waals surface area contributed by atoms with Crippen molar-refractivity contribution < 1.29 is 4.79 Å². The zero-order chi connectivity index (χ0) is 12.3. The molecule has 0 spiro atoms. The normalized spacial score (nSPS) is 14.5. The van der Waals surface area contributed by atoms with Crippen LogP contribution in [0.4, 0.5) is 5.82 Å². The maximum atomic E-state index is 11.4. The van der Waals surface area contributed by atoms with Crippen LogP contribution in [0.3, 0.4) is 0 Å². The molecule has 1 amide bonds. The van der Waals surface area contributed by atoms with Crippen LogP contribution >= 0.6 is 15.9 Å². The second-order valence-electron chi connectivity index (χ2n) is 4.34. The van der Waals surface area contributed by atoms with Crippen LogP contribution in [0, 0.1) is 6.92 Å². The molecule has 5 heteroatoms. The number of aromatic nitrogens is 1. The average molecular weight is 298 g/mol. The molecule has 92 valence electrons. The molecule has 17 heavy (non-hydrogen) atoms. The summed E-state index contributed by atoms with van der Waals surface area (Å²) in [6.07, 6.45) is 4.52. The summed E-state index contributed by atoms with van der Waals surface area (Å²) in [7, 11) is 0. The SMILES string of the molecule is Cc1cc(NCCC(=O)NC2CC2)ncc1Br. The van der Waals surface area contributed by atoms with Gasteiger partial charge in [0.25, 0.3) is 0 Å². The molecule has 1 aliphatic rings. The van der Waals surface area contributed by atoms with Gasteiger partial charge >= 0.3 is 0 Å². The van der Waals surface area contributed by atoms with Crippen molar-refractivity contribution in [2.75, 3.05) is 11.9 Å². The quantitative estimate of drug-likeness (QED) is 0.876. The minimum Gasteiger partial charge on any atom is -0.370 e. The van der Waals surface area contributed by atoms with Gasteiger partial charge in [0.05, 0.1) is 0 Å². The van der Waals surface area contributed by atoms with Crippen LogP contribution in [-0.2, 0) is 4.79 Å². The lowest BCUT2D eigenvalue weighted by molar-refractivity contribution is -0.120. The first-order valence-corrected chi connectivity index (χ1v) is 6.60. The number of carbonyl (C=O) groups is 1. The summed E-state index contributed by atoms with van der Waals surface area (Å²) in [4.78, 5) is 15.6. The van der Waals surface area contributed by atoms with E-state index in [9.17, 15) is 4.79 Å². The fourth-order valence-corrected chi connectivity index (χ4v) is 1.68. The Balaban J connectivity index is 1.73. The predicted octanol–water partition coefficient (Wildman–Crippen LogP) is 2.23. The zero-order valence-corrected chi connectivity index (χ0v) is 11.4. The van der Waals surface area contributed by atoms with Gasteiger partial charge in [0.1, 0.15) is 5.82 Å². The van der Waals surface area contributed by atoms with Gasteiger partial charge in [-0.2, -0.15) is 0 Å². The van der Waals surface area contributed by atoms with E-state index in [0.29, 0.717) is 19.0 Å².